The molecule has 0 spiro atoms. The molecule has 0 N–H and O–H groups in total. The van der Waals surface area contributed by atoms with Crippen LogP contribution in [0.5, 0.6) is 23.0 Å². The van der Waals surface area contributed by atoms with Crippen molar-refractivity contribution in [1.29, 1.82) is 0 Å². The lowest BCUT2D eigenvalue weighted by molar-refractivity contribution is -0.138. The number of hydrogen-bond acceptors (Lipinski definition) is 9. The third-order valence-corrected chi connectivity index (χ3v) is 7.77. The average Bonchev–Trinajstić information content (AvgIpc) is 3.60. The van der Waals surface area contributed by atoms with Gasteiger partial charge in [-0.2, -0.15) is 0 Å². The van der Waals surface area contributed by atoms with Crippen molar-refractivity contribution in [3.8, 4) is 23.0 Å². The highest BCUT2D eigenvalue weighted by atomic mass is 32.1. The second-order valence-electron chi connectivity index (χ2n) is 9.16. The van der Waals surface area contributed by atoms with Gasteiger partial charge in [-0.15, -0.1) is 0 Å². The van der Waals surface area contributed by atoms with E-state index in [9.17, 15) is 9.59 Å². The summed E-state index contributed by atoms with van der Waals surface area (Å²) in [5, 5.41) is 0. The largest absolute Gasteiger partial charge is 0.493 e. The molecule has 0 unspecified atom stereocenters. The number of carbonyl (C=O) groups is 1. The van der Waals surface area contributed by atoms with Crippen molar-refractivity contribution >= 4 is 29.1 Å². The van der Waals surface area contributed by atoms with E-state index in [-0.39, 0.29) is 24.5 Å². The van der Waals surface area contributed by atoms with Crippen LogP contribution >= 0.6 is 11.3 Å². The van der Waals surface area contributed by atoms with E-state index >= 15 is 0 Å². The smallest absolute Gasteiger partial charge is 0.338 e. The van der Waals surface area contributed by atoms with Crippen LogP contribution in [0.2, 0.25) is 0 Å². The molecule has 3 aromatic carbocycles. The minimum atomic E-state index is -0.817. The van der Waals surface area contributed by atoms with Crippen molar-refractivity contribution in [2.24, 2.45) is 4.99 Å². The fourth-order valence-electron chi connectivity index (χ4n) is 4.93. The van der Waals surface area contributed by atoms with E-state index in [1.54, 1.807) is 56.1 Å². The number of fused-ring (bicyclic) bond motifs is 2. The highest BCUT2D eigenvalue weighted by molar-refractivity contribution is 7.07. The molecule has 41 heavy (non-hydrogen) atoms. The van der Waals surface area contributed by atoms with Gasteiger partial charge in [-0.1, -0.05) is 53.8 Å². The predicted octanol–water partition coefficient (Wildman–Crippen LogP) is 3.68. The molecule has 1 atom stereocenters. The molecule has 0 saturated heterocycles. The molecule has 4 aromatic rings. The fraction of sp³-hybridized carbons (Fsp3) is 0.194. The zero-order valence-electron chi connectivity index (χ0n) is 22.6. The van der Waals surface area contributed by atoms with Crippen molar-refractivity contribution in [3.05, 3.63) is 109 Å². The lowest BCUT2D eigenvalue weighted by Crippen LogP contribution is -2.40. The van der Waals surface area contributed by atoms with Crippen LogP contribution in [-0.2, 0) is 9.53 Å². The molecular weight excluding hydrogens is 544 g/mol. The summed E-state index contributed by atoms with van der Waals surface area (Å²) in [7, 11) is 3.13. The van der Waals surface area contributed by atoms with Crippen molar-refractivity contribution < 1.29 is 28.5 Å². The van der Waals surface area contributed by atoms with Crippen molar-refractivity contribution in [2.75, 3.05) is 27.6 Å². The predicted molar refractivity (Wildman–Crippen MR) is 153 cm³/mol. The molecule has 0 radical (unpaired) electrons. The molecule has 2 aliphatic heterocycles. The van der Waals surface area contributed by atoms with Gasteiger partial charge in [0.2, 0.25) is 6.79 Å². The number of methoxy groups -OCH3 is 2. The fourth-order valence-corrected chi connectivity index (χ4v) is 5.93. The summed E-state index contributed by atoms with van der Waals surface area (Å²) in [5.41, 5.74) is 2.58. The van der Waals surface area contributed by atoms with Gasteiger partial charge in [0.15, 0.2) is 27.8 Å². The monoisotopic (exact) mass is 570 g/mol. The zero-order chi connectivity index (χ0) is 28.5. The SMILES string of the molecule is CCOC(=O)C1=C(c2ccccc2)N=c2s/c(=C\c3ccc(OC)c(OC)c3)c(=O)n2[C@@H]1c1ccc2c(c1)OCO2. The minimum absolute atomic E-state index is 0.0999. The molecule has 0 saturated carbocycles. The standard InChI is InChI=1S/C31H26N2O7S/c1-4-38-30(35)26-27(19-8-6-5-7-9-19)32-31-33(28(26)20-11-13-22-24(16-20)40-17-39-22)29(34)25(41-31)15-18-10-12-21(36-2)23(14-18)37-3/h5-16,28H,4,17H2,1-3H3/b25-15-/t28-/m1/s1. The molecule has 6 rings (SSSR count). The van der Waals surface area contributed by atoms with Crippen LogP contribution in [0.25, 0.3) is 11.8 Å². The van der Waals surface area contributed by atoms with Gasteiger partial charge in [-0.25, -0.2) is 9.79 Å². The highest BCUT2D eigenvalue weighted by Crippen LogP contribution is 2.40. The van der Waals surface area contributed by atoms with Gasteiger partial charge >= 0.3 is 5.97 Å². The Kier molecular flexibility index (Phi) is 7.07. The lowest BCUT2D eigenvalue weighted by atomic mass is 9.93. The molecule has 0 bridgehead atoms. The molecule has 1 aromatic heterocycles. The Balaban J connectivity index is 1.62. The van der Waals surface area contributed by atoms with Gasteiger partial charge < -0.3 is 23.7 Å². The molecule has 9 nitrogen and oxygen atoms in total. The molecule has 0 aliphatic carbocycles. The first-order valence-corrected chi connectivity index (χ1v) is 13.7. The van der Waals surface area contributed by atoms with Crippen LogP contribution in [0.15, 0.2) is 82.1 Å². The number of nitrogens with zero attached hydrogens (tertiary/aromatic N) is 2. The summed E-state index contributed by atoms with van der Waals surface area (Å²) in [4.78, 5) is 33.0. The Morgan fingerprint density at radius 3 is 2.56 bits per heavy atom. The van der Waals surface area contributed by atoms with E-state index in [1.807, 2.05) is 42.5 Å². The summed E-state index contributed by atoms with van der Waals surface area (Å²) < 4.78 is 29.5. The molecule has 2 aliphatic rings. The summed E-state index contributed by atoms with van der Waals surface area (Å²) >= 11 is 1.24. The molecule has 0 amide bonds. The Morgan fingerprint density at radius 1 is 1.02 bits per heavy atom. The molecule has 0 fully saturated rings. The maximum atomic E-state index is 14.1. The normalized spacial score (nSPS) is 15.8. The third kappa shape index (κ3) is 4.76. The maximum absolute atomic E-state index is 14.1. The highest BCUT2D eigenvalue weighted by Gasteiger charge is 2.36. The van der Waals surface area contributed by atoms with Crippen LogP contribution in [0.1, 0.15) is 29.7 Å². The van der Waals surface area contributed by atoms with E-state index < -0.39 is 12.0 Å². The Hall–Kier alpha value is -4.83. The van der Waals surface area contributed by atoms with Crippen molar-refractivity contribution in [2.45, 2.75) is 13.0 Å². The van der Waals surface area contributed by atoms with Gasteiger partial charge in [-0.3, -0.25) is 9.36 Å². The number of carbonyl (C=O) groups excluding carboxylic acids is 1. The second-order valence-corrected chi connectivity index (χ2v) is 10.2. The summed E-state index contributed by atoms with van der Waals surface area (Å²) in [5.74, 6) is 1.71. The first kappa shape index (κ1) is 26.4. The Morgan fingerprint density at radius 2 is 1.80 bits per heavy atom. The number of ether oxygens (including phenoxy) is 5. The molecular formula is C31H26N2O7S. The number of benzene rings is 3. The van der Waals surface area contributed by atoms with E-state index in [0.717, 1.165) is 11.1 Å². The minimum Gasteiger partial charge on any atom is -0.493 e. The Bertz CT molecular complexity index is 1860. The third-order valence-electron chi connectivity index (χ3n) is 6.79. The lowest BCUT2D eigenvalue weighted by Gasteiger charge is -2.26. The summed E-state index contributed by atoms with van der Waals surface area (Å²) in [6.07, 6.45) is 1.78. The zero-order valence-corrected chi connectivity index (χ0v) is 23.4. The van der Waals surface area contributed by atoms with E-state index in [0.29, 0.717) is 43.6 Å². The van der Waals surface area contributed by atoms with Crippen molar-refractivity contribution in [1.82, 2.24) is 4.57 Å². The van der Waals surface area contributed by atoms with Crippen LogP contribution < -0.4 is 33.8 Å². The van der Waals surface area contributed by atoms with Crippen molar-refractivity contribution in [3.63, 3.8) is 0 Å². The van der Waals surface area contributed by atoms with Gasteiger partial charge in [0.25, 0.3) is 5.56 Å². The first-order valence-electron chi connectivity index (χ1n) is 12.9. The quantitative estimate of drug-likeness (QED) is 0.313. The van der Waals surface area contributed by atoms with Gasteiger partial charge in [0, 0.05) is 5.56 Å². The number of rotatable bonds is 7. The van der Waals surface area contributed by atoms with E-state index in [4.69, 9.17) is 28.7 Å². The van der Waals surface area contributed by atoms with Gasteiger partial charge in [0.05, 0.1) is 42.7 Å². The van der Waals surface area contributed by atoms with Crippen LogP contribution in [-0.4, -0.2) is 38.2 Å². The van der Waals surface area contributed by atoms with Gasteiger partial charge in [0.1, 0.15) is 0 Å². The number of hydrogen-bond donors (Lipinski definition) is 0. The van der Waals surface area contributed by atoms with E-state index in [2.05, 4.69) is 0 Å². The number of thiazole rings is 1. The van der Waals surface area contributed by atoms with Gasteiger partial charge in [-0.05, 0) is 48.4 Å². The summed E-state index contributed by atoms with van der Waals surface area (Å²) in [6.45, 7) is 2.01. The van der Waals surface area contributed by atoms with Crippen LogP contribution in [0, 0.1) is 0 Å². The van der Waals surface area contributed by atoms with Crippen LogP contribution in [0.4, 0.5) is 0 Å². The molecule has 3 heterocycles. The maximum Gasteiger partial charge on any atom is 0.338 e. The molecule has 208 valence electrons. The summed E-state index contributed by atoms with van der Waals surface area (Å²) in [6, 6.07) is 19.4. The first-order chi connectivity index (χ1) is 20.0. The second kappa shape index (κ2) is 11.0. The topological polar surface area (TPSA) is 97.6 Å². The number of aromatic nitrogens is 1. The number of esters is 1. The van der Waals surface area contributed by atoms with E-state index in [1.165, 1.54) is 11.3 Å². The average molecular weight is 571 g/mol. The Labute approximate surface area is 239 Å². The molecule has 10 heteroatoms. The van der Waals surface area contributed by atoms with Crippen LogP contribution in [0.3, 0.4) is 0 Å².